The molecule has 0 spiro atoms. The van der Waals surface area contributed by atoms with Gasteiger partial charge in [0.2, 0.25) is 10.0 Å². The maximum atomic E-state index is 12.8. The highest BCUT2D eigenvalue weighted by Gasteiger charge is 2.32. The van der Waals surface area contributed by atoms with E-state index in [1.54, 1.807) is 16.4 Å². The van der Waals surface area contributed by atoms with Gasteiger partial charge in [0.25, 0.3) is 0 Å². The fourth-order valence-electron chi connectivity index (χ4n) is 2.98. The molecule has 1 saturated heterocycles. The lowest BCUT2D eigenvalue weighted by atomic mass is 9.94. The summed E-state index contributed by atoms with van der Waals surface area (Å²) >= 11 is 0. The Kier molecular flexibility index (Phi) is 4.12. The minimum Gasteiger partial charge on any atom is -0.398 e. The molecule has 1 aromatic rings. The van der Waals surface area contributed by atoms with Crippen LogP contribution in [0.2, 0.25) is 0 Å². The Morgan fingerprint density at radius 1 is 1.10 bits per heavy atom. The first-order valence-corrected chi connectivity index (χ1v) is 8.52. The second-order valence-electron chi connectivity index (χ2n) is 6.24. The first-order chi connectivity index (χ1) is 9.21. The second kappa shape index (κ2) is 5.37. The predicted molar refractivity (Wildman–Crippen MR) is 82.0 cm³/mol. The van der Waals surface area contributed by atoms with Crippen LogP contribution in [0, 0.1) is 25.7 Å². The highest BCUT2D eigenvalue weighted by molar-refractivity contribution is 7.89. The highest BCUT2D eigenvalue weighted by Crippen LogP contribution is 2.30. The van der Waals surface area contributed by atoms with Gasteiger partial charge in [-0.1, -0.05) is 13.8 Å². The largest absolute Gasteiger partial charge is 0.398 e. The monoisotopic (exact) mass is 296 g/mol. The minimum atomic E-state index is -3.49. The number of sulfonamides is 1. The van der Waals surface area contributed by atoms with Crippen molar-refractivity contribution in [3.8, 4) is 0 Å². The third kappa shape index (κ3) is 2.83. The molecule has 0 bridgehead atoms. The van der Waals surface area contributed by atoms with Crippen LogP contribution >= 0.6 is 0 Å². The minimum absolute atomic E-state index is 0.252. The van der Waals surface area contributed by atoms with Gasteiger partial charge in [-0.15, -0.1) is 0 Å². The van der Waals surface area contributed by atoms with Gasteiger partial charge < -0.3 is 5.73 Å². The van der Waals surface area contributed by atoms with Gasteiger partial charge in [-0.25, -0.2) is 8.42 Å². The van der Waals surface area contributed by atoms with Gasteiger partial charge in [0.15, 0.2) is 0 Å². The fraction of sp³-hybridized carbons (Fsp3) is 0.600. The van der Waals surface area contributed by atoms with Crippen LogP contribution in [0.25, 0.3) is 0 Å². The Morgan fingerprint density at radius 2 is 1.60 bits per heavy atom. The van der Waals surface area contributed by atoms with Crippen molar-refractivity contribution in [3.05, 3.63) is 23.3 Å². The number of piperidine rings is 1. The molecule has 1 fully saturated rings. The number of nitrogens with zero attached hydrogens (tertiary/aromatic N) is 1. The molecule has 2 rings (SSSR count). The normalized spacial score (nSPS) is 24.8. The summed E-state index contributed by atoms with van der Waals surface area (Å²) in [7, 11) is -3.49. The summed E-state index contributed by atoms with van der Waals surface area (Å²) in [5, 5.41) is 0. The molecule has 1 aromatic carbocycles. The van der Waals surface area contributed by atoms with Crippen molar-refractivity contribution in [1.82, 2.24) is 4.31 Å². The number of benzene rings is 1. The molecule has 1 heterocycles. The van der Waals surface area contributed by atoms with E-state index in [1.165, 1.54) is 0 Å². The summed E-state index contributed by atoms with van der Waals surface area (Å²) < 4.78 is 27.2. The number of aryl methyl sites for hydroxylation is 2. The van der Waals surface area contributed by atoms with E-state index in [9.17, 15) is 8.42 Å². The molecule has 112 valence electrons. The number of hydrogen-bond acceptors (Lipinski definition) is 3. The van der Waals surface area contributed by atoms with Gasteiger partial charge >= 0.3 is 0 Å². The Balaban J connectivity index is 2.42. The van der Waals surface area contributed by atoms with E-state index in [1.807, 2.05) is 13.8 Å². The zero-order chi connectivity index (χ0) is 15.1. The summed E-state index contributed by atoms with van der Waals surface area (Å²) in [4.78, 5) is 0.252. The van der Waals surface area contributed by atoms with Gasteiger partial charge in [-0.3, -0.25) is 0 Å². The van der Waals surface area contributed by atoms with Gasteiger partial charge in [0.1, 0.15) is 4.90 Å². The number of nitrogens with two attached hydrogens (primary N) is 1. The molecular weight excluding hydrogens is 272 g/mol. The molecule has 1 aliphatic heterocycles. The summed E-state index contributed by atoms with van der Waals surface area (Å²) in [5.41, 5.74) is 8.26. The van der Waals surface area contributed by atoms with Crippen LogP contribution in [-0.4, -0.2) is 25.8 Å². The Hall–Kier alpha value is -1.07. The molecule has 20 heavy (non-hydrogen) atoms. The number of hydrogen-bond donors (Lipinski definition) is 1. The van der Waals surface area contributed by atoms with Crippen LogP contribution in [0.5, 0.6) is 0 Å². The van der Waals surface area contributed by atoms with E-state index in [0.29, 0.717) is 30.6 Å². The zero-order valence-corrected chi connectivity index (χ0v) is 13.5. The standard InChI is InChI=1S/C15H24N2O2S/c1-10-5-11(2)9-17(8-10)20(18,19)15-7-13(4)12(3)6-14(15)16/h6-7,10-11H,5,8-9,16H2,1-4H3. The van der Waals surface area contributed by atoms with Crippen molar-refractivity contribution in [2.75, 3.05) is 18.8 Å². The molecule has 0 aromatic heterocycles. The molecule has 2 N–H and O–H groups in total. The first-order valence-electron chi connectivity index (χ1n) is 7.08. The number of anilines is 1. The van der Waals surface area contributed by atoms with Crippen molar-refractivity contribution in [1.29, 1.82) is 0 Å². The summed E-state index contributed by atoms with van der Waals surface area (Å²) in [6.07, 6.45) is 1.08. The average molecular weight is 296 g/mol. The third-order valence-corrected chi connectivity index (χ3v) is 5.97. The van der Waals surface area contributed by atoms with E-state index >= 15 is 0 Å². The third-order valence-electron chi connectivity index (χ3n) is 4.08. The van der Waals surface area contributed by atoms with Crippen LogP contribution in [0.15, 0.2) is 17.0 Å². The first kappa shape index (κ1) is 15.3. The van der Waals surface area contributed by atoms with Crippen molar-refractivity contribution >= 4 is 15.7 Å². The van der Waals surface area contributed by atoms with E-state index in [4.69, 9.17) is 5.73 Å². The quantitative estimate of drug-likeness (QED) is 0.853. The SMILES string of the molecule is Cc1cc(N)c(S(=O)(=O)N2CC(C)CC(C)C2)cc1C. The fourth-order valence-corrected chi connectivity index (χ4v) is 4.84. The summed E-state index contributed by atoms with van der Waals surface area (Å²) in [5.74, 6) is 0.780. The molecule has 2 unspecified atom stereocenters. The number of nitrogen functional groups attached to an aromatic ring is 1. The topological polar surface area (TPSA) is 63.4 Å². The van der Waals surface area contributed by atoms with Crippen molar-refractivity contribution < 1.29 is 8.42 Å². The molecule has 0 aliphatic carbocycles. The van der Waals surface area contributed by atoms with E-state index in [0.717, 1.165) is 17.5 Å². The van der Waals surface area contributed by atoms with Crippen molar-refractivity contribution in [2.45, 2.75) is 39.0 Å². The van der Waals surface area contributed by atoms with E-state index in [-0.39, 0.29) is 4.90 Å². The second-order valence-corrected chi connectivity index (χ2v) is 8.15. The zero-order valence-electron chi connectivity index (χ0n) is 12.7. The lowest BCUT2D eigenvalue weighted by Gasteiger charge is -2.34. The Labute approximate surface area is 122 Å². The predicted octanol–water partition coefficient (Wildman–Crippen LogP) is 2.55. The van der Waals surface area contributed by atoms with Gasteiger partial charge in [-0.2, -0.15) is 4.31 Å². The number of rotatable bonds is 2. The maximum Gasteiger partial charge on any atom is 0.245 e. The molecule has 2 atom stereocenters. The van der Waals surface area contributed by atoms with Gasteiger partial charge in [0.05, 0.1) is 5.69 Å². The lowest BCUT2D eigenvalue weighted by Crippen LogP contribution is -2.42. The molecule has 0 radical (unpaired) electrons. The highest BCUT2D eigenvalue weighted by atomic mass is 32.2. The maximum absolute atomic E-state index is 12.8. The van der Waals surface area contributed by atoms with Gasteiger partial charge in [0, 0.05) is 13.1 Å². The van der Waals surface area contributed by atoms with Crippen LogP contribution in [0.3, 0.4) is 0 Å². The van der Waals surface area contributed by atoms with E-state index < -0.39 is 10.0 Å². The van der Waals surface area contributed by atoms with Crippen molar-refractivity contribution in [2.24, 2.45) is 11.8 Å². The molecule has 0 saturated carbocycles. The van der Waals surface area contributed by atoms with Gasteiger partial charge in [-0.05, 0) is 55.4 Å². The molecule has 4 nitrogen and oxygen atoms in total. The molecule has 0 amide bonds. The lowest BCUT2D eigenvalue weighted by molar-refractivity contribution is 0.222. The molecular formula is C15H24N2O2S. The van der Waals surface area contributed by atoms with Crippen LogP contribution in [0.1, 0.15) is 31.4 Å². The Morgan fingerprint density at radius 3 is 2.15 bits per heavy atom. The smallest absolute Gasteiger partial charge is 0.245 e. The summed E-state index contributed by atoms with van der Waals surface area (Å²) in [6.45, 7) is 9.21. The van der Waals surface area contributed by atoms with Crippen LogP contribution in [0.4, 0.5) is 5.69 Å². The van der Waals surface area contributed by atoms with Crippen LogP contribution in [-0.2, 0) is 10.0 Å². The average Bonchev–Trinajstić information content (AvgIpc) is 2.32. The summed E-state index contributed by atoms with van der Waals surface area (Å²) in [6, 6.07) is 3.45. The van der Waals surface area contributed by atoms with Crippen LogP contribution < -0.4 is 5.73 Å². The Bertz CT molecular complexity index is 601. The molecule has 1 aliphatic rings. The molecule has 5 heteroatoms. The van der Waals surface area contributed by atoms with E-state index in [2.05, 4.69) is 13.8 Å². The van der Waals surface area contributed by atoms with Crippen molar-refractivity contribution in [3.63, 3.8) is 0 Å².